The first-order valence-electron chi connectivity index (χ1n) is 8.19. The zero-order valence-corrected chi connectivity index (χ0v) is 14.3. The smallest absolute Gasteiger partial charge is 0.150 e. The Morgan fingerprint density at radius 2 is 1.79 bits per heavy atom. The lowest BCUT2D eigenvalue weighted by atomic mass is 9.95. The van der Waals surface area contributed by atoms with Crippen molar-refractivity contribution in [2.24, 2.45) is 0 Å². The Balaban J connectivity index is 2.11. The van der Waals surface area contributed by atoms with E-state index in [2.05, 4.69) is 20.4 Å². The molecular formula is C21H24O3. The van der Waals surface area contributed by atoms with E-state index >= 15 is 0 Å². The topological polar surface area (TPSA) is 35.5 Å². The van der Waals surface area contributed by atoms with Crippen molar-refractivity contribution < 1.29 is 14.3 Å². The van der Waals surface area contributed by atoms with Gasteiger partial charge in [-0.3, -0.25) is 4.79 Å². The van der Waals surface area contributed by atoms with E-state index in [0.717, 1.165) is 28.9 Å². The molecule has 0 spiro atoms. The van der Waals surface area contributed by atoms with Crippen molar-refractivity contribution in [1.29, 1.82) is 0 Å². The predicted molar refractivity (Wildman–Crippen MR) is 97.3 cm³/mol. The summed E-state index contributed by atoms with van der Waals surface area (Å²) in [6.45, 7) is 8.89. The largest absolute Gasteiger partial charge is 0.490 e. The van der Waals surface area contributed by atoms with Gasteiger partial charge in [-0.05, 0) is 47.7 Å². The van der Waals surface area contributed by atoms with Crippen molar-refractivity contribution in [3.63, 3.8) is 0 Å². The van der Waals surface area contributed by atoms with Crippen molar-refractivity contribution >= 4 is 6.29 Å². The first-order valence-corrected chi connectivity index (χ1v) is 8.19. The third kappa shape index (κ3) is 4.72. The molecule has 0 aliphatic heterocycles. The van der Waals surface area contributed by atoms with Gasteiger partial charge in [-0.2, -0.15) is 0 Å². The zero-order valence-electron chi connectivity index (χ0n) is 14.3. The first kappa shape index (κ1) is 17.8. The standard InChI is InChI=1S/C21H24O3/c1-4-8-18-13-17(15-22)14-20(16(2)3)21(18)24-12-11-23-19-9-6-5-7-10-19/h4-7,9-10,13-16H,1,8,11-12H2,2-3H3. The molecule has 2 rings (SSSR count). The van der Waals surface area contributed by atoms with Crippen LogP contribution in [0, 0.1) is 0 Å². The number of aldehydes is 1. The van der Waals surface area contributed by atoms with Crippen molar-refractivity contribution in [3.8, 4) is 11.5 Å². The fourth-order valence-corrected chi connectivity index (χ4v) is 2.54. The molecule has 0 unspecified atom stereocenters. The van der Waals surface area contributed by atoms with Gasteiger partial charge in [0.15, 0.2) is 0 Å². The van der Waals surface area contributed by atoms with Crippen LogP contribution in [0.5, 0.6) is 11.5 Å². The highest BCUT2D eigenvalue weighted by molar-refractivity contribution is 5.76. The number of carbonyl (C=O) groups excluding carboxylic acids is 1. The van der Waals surface area contributed by atoms with E-state index in [9.17, 15) is 4.79 Å². The van der Waals surface area contributed by atoms with Gasteiger partial charge in [-0.1, -0.05) is 38.1 Å². The second-order valence-corrected chi connectivity index (χ2v) is 5.87. The lowest BCUT2D eigenvalue weighted by molar-refractivity contribution is 0.112. The van der Waals surface area contributed by atoms with Gasteiger partial charge in [-0.25, -0.2) is 0 Å². The number of rotatable bonds is 9. The molecule has 0 bridgehead atoms. The molecule has 0 aliphatic carbocycles. The number of hydrogen-bond acceptors (Lipinski definition) is 3. The van der Waals surface area contributed by atoms with E-state index in [1.807, 2.05) is 48.5 Å². The fraction of sp³-hybridized carbons (Fsp3) is 0.286. The summed E-state index contributed by atoms with van der Waals surface area (Å²) in [7, 11) is 0. The minimum atomic E-state index is 0.263. The molecule has 0 saturated carbocycles. The summed E-state index contributed by atoms with van der Waals surface area (Å²) in [5, 5.41) is 0. The summed E-state index contributed by atoms with van der Waals surface area (Å²) < 4.78 is 11.7. The zero-order chi connectivity index (χ0) is 17.4. The average Bonchev–Trinajstić information content (AvgIpc) is 2.60. The van der Waals surface area contributed by atoms with Gasteiger partial charge in [0.25, 0.3) is 0 Å². The fourth-order valence-electron chi connectivity index (χ4n) is 2.54. The summed E-state index contributed by atoms with van der Waals surface area (Å²) >= 11 is 0. The third-order valence-electron chi connectivity index (χ3n) is 3.68. The molecule has 2 aromatic rings. The Morgan fingerprint density at radius 1 is 1.08 bits per heavy atom. The maximum absolute atomic E-state index is 11.2. The minimum absolute atomic E-state index is 0.263. The second-order valence-electron chi connectivity index (χ2n) is 5.87. The molecular weight excluding hydrogens is 300 g/mol. The van der Waals surface area contributed by atoms with Crippen LogP contribution >= 0.6 is 0 Å². The molecule has 0 aromatic heterocycles. The molecule has 0 amide bonds. The molecule has 0 radical (unpaired) electrons. The van der Waals surface area contributed by atoms with Gasteiger partial charge in [0, 0.05) is 5.56 Å². The monoisotopic (exact) mass is 324 g/mol. The van der Waals surface area contributed by atoms with Crippen LogP contribution in [0.1, 0.15) is 41.3 Å². The van der Waals surface area contributed by atoms with Gasteiger partial charge in [0.2, 0.25) is 0 Å². The summed E-state index contributed by atoms with van der Waals surface area (Å²) in [6, 6.07) is 13.4. The van der Waals surface area contributed by atoms with Crippen LogP contribution in [0.3, 0.4) is 0 Å². The number of ether oxygens (including phenoxy) is 2. The molecule has 0 aliphatic rings. The minimum Gasteiger partial charge on any atom is -0.490 e. The van der Waals surface area contributed by atoms with Crippen LogP contribution in [0.2, 0.25) is 0 Å². The maximum atomic E-state index is 11.2. The Kier molecular flexibility index (Phi) is 6.62. The molecule has 0 saturated heterocycles. The second kappa shape index (κ2) is 8.92. The van der Waals surface area contributed by atoms with Gasteiger partial charge in [0.1, 0.15) is 31.0 Å². The van der Waals surface area contributed by atoms with Crippen LogP contribution in [-0.2, 0) is 6.42 Å². The molecule has 0 atom stereocenters. The third-order valence-corrected chi connectivity index (χ3v) is 3.68. The summed E-state index contributed by atoms with van der Waals surface area (Å²) in [5.74, 6) is 1.93. The molecule has 0 heterocycles. The highest BCUT2D eigenvalue weighted by Gasteiger charge is 2.14. The molecule has 0 fully saturated rings. The summed E-state index contributed by atoms with van der Waals surface area (Å²) in [6.07, 6.45) is 3.36. The highest BCUT2D eigenvalue weighted by atomic mass is 16.5. The van der Waals surface area contributed by atoms with Crippen LogP contribution in [-0.4, -0.2) is 19.5 Å². The van der Waals surface area contributed by atoms with E-state index in [-0.39, 0.29) is 5.92 Å². The van der Waals surface area contributed by atoms with Crippen LogP contribution in [0.25, 0.3) is 0 Å². The molecule has 126 valence electrons. The van der Waals surface area contributed by atoms with Crippen LogP contribution in [0.15, 0.2) is 55.1 Å². The summed E-state index contributed by atoms with van der Waals surface area (Å²) in [4.78, 5) is 11.2. The van der Waals surface area contributed by atoms with Crippen molar-refractivity contribution in [3.05, 3.63) is 71.8 Å². The lowest BCUT2D eigenvalue weighted by Gasteiger charge is -2.18. The highest BCUT2D eigenvalue weighted by Crippen LogP contribution is 2.32. The Bertz CT molecular complexity index is 675. The van der Waals surface area contributed by atoms with E-state index in [4.69, 9.17) is 9.47 Å². The first-order chi connectivity index (χ1) is 11.7. The van der Waals surface area contributed by atoms with E-state index in [1.54, 1.807) is 0 Å². The lowest BCUT2D eigenvalue weighted by Crippen LogP contribution is -2.12. The number of benzene rings is 2. The number of allylic oxidation sites excluding steroid dienone is 1. The maximum Gasteiger partial charge on any atom is 0.150 e. The SMILES string of the molecule is C=CCc1cc(C=O)cc(C(C)C)c1OCCOc1ccccc1. The van der Waals surface area contributed by atoms with E-state index < -0.39 is 0 Å². The Labute approximate surface area is 143 Å². The molecule has 0 N–H and O–H groups in total. The quantitative estimate of drug-likeness (QED) is 0.377. The van der Waals surface area contributed by atoms with Crippen LogP contribution < -0.4 is 9.47 Å². The van der Waals surface area contributed by atoms with Crippen molar-refractivity contribution in [2.45, 2.75) is 26.2 Å². The normalized spacial score (nSPS) is 10.5. The summed E-state index contributed by atoms with van der Waals surface area (Å²) in [5.41, 5.74) is 2.69. The molecule has 2 aromatic carbocycles. The van der Waals surface area contributed by atoms with Crippen molar-refractivity contribution in [1.82, 2.24) is 0 Å². The van der Waals surface area contributed by atoms with Gasteiger partial charge >= 0.3 is 0 Å². The average molecular weight is 324 g/mol. The van der Waals surface area contributed by atoms with E-state index in [0.29, 0.717) is 25.2 Å². The number of para-hydroxylation sites is 1. The van der Waals surface area contributed by atoms with Crippen LogP contribution in [0.4, 0.5) is 0 Å². The van der Waals surface area contributed by atoms with Crippen molar-refractivity contribution in [2.75, 3.05) is 13.2 Å². The Morgan fingerprint density at radius 3 is 2.42 bits per heavy atom. The van der Waals surface area contributed by atoms with Gasteiger partial charge in [-0.15, -0.1) is 6.58 Å². The van der Waals surface area contributed by atoms with Gasteiger partial charge in [0.05, 0.1) is 0 Å². The predicted octanol–water partition coefficient (Wildman–Crippen LogP) is 4.81. The number of hydrogen-bond donors (Lipinski definition) is 0. The Hall–Kier alpha value is -2.55. The molecule has 24 heavy (non-hydrogen) atoms. The molecule has 3 heteroatoms. The molecule has 3 nitrogen and oxygen atoms in total. The number of carbonyl (C=O) groups is 1. The van der Waals surface area contributed by atoms with Gasteiger partial charge < -0.3 is 9.47 Å². The van der Waals surface area contributed by atoms with E-state index in [1.165, 1.54) is 0 Å².